The first kappa shape index (κ1) is 11.1. The first-order valence-electron chi connectivity index (χ1n) is 5.39. The normalized spacial score (nSPS) is 12.6. The molecule has 16 heavy (non-hydrogen) atoms. The van der Waals surface area contributed by atoms with E-state index in [1.54, 1.807) is 6.33 Å². The van der Waals surface area contributed by atoms with Crippen LogP contribution in [-0.4, -0.2) is 21.9 Å². The highest BCUT2D eigenvalue weighted by molar-refractivity contribution is 6.20. The van der Waals surface area contributed by atoms with E-state index >= 15 is 0 Å². The molecule has 0 amide bonds. The lowest BCUT2D eigenvalue weighted by Gasteiger charge is -2.10. The molecule has 84 valence electrons. The summed E-state index contributed by atoms with van der Waals surface area (Å²) in [5.74, 6) is 0.852. The van der Waals surface area contributed by atoms with Crippen LogP contribution >= 0.6 is 11.6 Å². The predicted octanol–water partition coefficient (Wildman–Crippen LogP) is 3.06. The van der Waals surface area contributed by atoms with Gasteiger partial charge in [-0.3, -0.25) is 0 Å². The summed E-state index contributed by atoms with van der Waals surface area (Å²) < 4.78 is 0. The number of alkyl halides is 1. The summed E-state index contributed by atoms with van der Waals surface area (Å²) in [6, 6.07) is 7.93. The predicted molar refractivity (Wildman–Crippen MR) is 68.0 cm³/mol. The number of nitrogens with one attached hydrogen (secondary N) is 1. The smallest absolute Gasteiger partial charge is 0.137 e. The van der Waals surface area contributed by atoms with Crippen LogP contribution in [0.3, 0.4) is 0 Å². The Kier molecular flexibility index (Phi) is 3.57. The molecule has 0 fully saturated rings. The first-order valence-corrected chi connectivity index (χ1v) is 5.82. The highest BCUT2D eigenvalue weighted by Crippen LogP contribution is 2.18. The number of rotatable bonds is 4. The van der Waals surface area contributed by atoms with Gasteiger partial charge >= 0.3 is 0 Å². The van der Waals surface area contributed by atoms with Gasteiger partial charge in [-0.25, -0.2) is 9.97 Å². The molecule has 0 saturated heterocycles. The second-order valence-electron chi connectivity index (χ2n) is 3.63. The van der Waals surface area contributed by atoms with E-state index in [1.807, 2.05) is 24.3 Å². The number of para-hydroxylation sites is 1. The van der Waals surface area contributed by atoms with Gasteiger partial charge in [-0.2, -0.15) is 0 Å². The highest BCUT2D eigenvalue weighted by Gasteiger charge is 2.04. The second kappa shape index (κ2) is 5.12. The van der Waals surface area contributed by atoms with Crippen LogP contribution < -0.4 is 5.32 Å². The van der Waals surface area contributed by atoms with Crippen LogP contribution in [0.5, 0.6) is 0 Å². The van der Waals surface area contributed by atoms with E-state index < -0.39 is 0 Å². The SMILES string of the molecule is CCC(Cl)CNc1ncnc2ccccc12. The lowest BCUT2D eigenvalue weighted by Crippen LogP contribution is -2.14. The molecular formula is C12H14ClN3. The summed E-state index contributed by atoms with van der Waals surface area (Å²) in [5.41, 5.74) is 0.947. The van der Waals surface area contributed by atoms with Crippen molar-refractivity contribution in [1.29, 1.82) is 0 Å². The average molecular weight is 236 g/mol. The first-order chi connectivity index (χ1) is 7.81. The van der Waals surface area contributed by atoms with Gasteiger partial charge in [0.15, 0.2) is 0 Å². The maximum atomic E-state index is 6.06. The fraction of sp³-hybridized carbons (Fsp3) is 0.333. The fourth-order valence-electron chi connectivity index (χ4n) is 1.50. The van der Waals surface area contributed by atoms with Crippen LogP contribution in [0.1, 0.15) is 13.3 Å². The van der Waals surface area contributed by atoms with Crippen LogP contribution in [0.25, 0.3) is 10.9 Å². The topological polar surface area (TPSA) is 37.8 Å². The molecule has 1 aromatic heterocycles. The number of fused-ring (bicyclic) bond motifs is 1. The lowest BCUT2D eigenvalue weighted by atomic mass is 10.2. The summed E-state index contributed by atoms with van der Waals surface area (Å²) in [6.07, 6.45) is 2.51. The van der Waals surface area contributed by atoms with E-state index in [0.29, 0.717) is 0 Å². The Balaban J connectivity index is 2.23. The third-order valence-corrected chi connectivity index (χ3v) is 2.94. The number of halogens is 1. The van der Waals surface area contributed by atoms with E-state index in [2.05, 4.69) is 22.2 Å². The number of hydrogen-bond donors (Lipinski definition) is 1. The van der Waals surface area contributed by atoms with Crippen LogP contribution in [0.4, 0.5) is 5.82 Å². The highest BCUT2D eigenvalue weighted by atomic mass is 35.5. The molecule has 0 aliphatic rings. The number of aromatic nitrogens is 2. The summed E-state index contributed by atoms with van der Waals surface area (Å²) in [7, 11) is 0. The molecule has 1 unspecified atom stereocenters. The van der Waals surface area contributed by atoms with Crippen molar-refractivity contribution in [1.82, 2.24) is 9.97 Å². The van der Waals surface area contributed by atoms with E-state index in [1.165, 1.54) is 0 Å². The third kappa shape index (κ3) is 2.42. The Labute approximate surface area is 99.9 Å². The Morgan fingerprint density at radius 2 is 2.12 bits per heavy atom. The monoisotopic (exact) mass is 235 g/mol. The molecule has 1 atom stereocenters. The minimum atomic E-state index is 0.133. The van der Waals surface area contributed by atoms with Crippen LogP contribution in [-0.2, 0) is 0 Å². The van der Waals surface area contributed by atoms with Crippen molar-refractivity contribution in [3.05, 3.63) is 30.6 Å². The van der Waals surface area contributed by atoms with Gasteiger partial charge in [0.25, 0.3) is 0 Å². The van der Waals surface area contributed by atoms with Gasteiger partial charge in [0.2, 0.25) is 0 Å². The zero-order valence-electron chi connectivity index (χ0n) is 9.15. The molecule has 2 rings (SSSR count). The molecule has 3 nitrogen and oxygen atoms in total. The van der Waals surface area contributed by atoms with Crippen molar-refractivity contribution in [2.45, 2.75) is 18.7 Å². The Hall–Kier alpha value is -1.35. The van der Waals surface area contributed by atoms with E-state index in [-0.39, 0.29) is 5.38 Å². The van der Waals surface area contributed by atoms with Crippen molar-refractivity contribution < 1.29 is 0 Å². The van der Waals surface area contributed by atoms with E-state index in [9.17, 15) is 0 Å². The molecular weight excluding hydrogens is 222 g/mol. The standard InChI is InChI=1S/C12H14ClN3/c1-2-9(13)7-14-12-10-5-3-4-6-11(10)15-8-16-12/h3-6,8-9H,2,7H2,1H3,(H,14,15,16). The summed E-state index contributed by atoms with van der Waals surface area (Å²) in [5, 5.41) is 4.42. The minimum absolute atomic E-state index is 0.133. The largest absolute Gasteiger partial charge is 0.368 e. The van der Waals surface area contributed by atoms with Crippen LogP contribution in [0, 0.1) is 0 Å². The van der Waals surface area contributed by atoms with Gasteiger partial charge in [-0.05, 0) is 18.6 Å². The summed E-state index contributed by atoms with van der Waals surface area (Å²) in [6.45, 7) is 2.79. The fourth-order valence-corrected chi connectivity index (χ4v) is 1.57. The van der Waals surface area contributed by atoms with Crippen LogP contribution in [0.2, 0.25) is 0 Å². The number of hydrogen-bond acceptors (Lipinski definition) is 3. The van der Waals surface area contributed by atoms with Gasteiger partial charge in [0, 0.05) is 11.9 Å². The zero-order valence-corrected chi connectivity index (χ0v) is 9.91. The molecule has 1 aromatic carbocycles. The van der Waals surface area contributed by atoms with Crippen molar-refractivity contribution in [3.63, 3.8) is 0 Å². The molecule has 0 radical (unpaired) electrons. The van der Waals surface area contributed by atoms with E-state index in [4.69, 9.17) is 11.6 Å². The molecule has 0 aliphatic heterocycles. The number of benzene rings is 1. The molecule has 4 heteroatoms. The Morgan fingerprint density at radius 3 is 2.94 bits per heavy atom. The van der Waals surface area contributed by atoms with Crippen molar-refractivity contribution in [2.24, 2.45) is 0 Å². The molecule has 2 aromatic rings. The van der Waals surface area contributed by atoms with Gasteiger partial charge in [0.1, 0.15) is 12.1 Å². The molecule has 0 spiro atoms. The average Bonchev–Trinajstić information content (AvgIpc) is 2.35. The number of nitrogens with zero attached hydrogens (tertiary/aromatic N) is 2. The molecule has 1 heterocycles. The molecule has 0 aliphatic carbocycles. The van der Waals surface area contributed by atoms with Crippen molar-refractivity contribution >= 4 is 28.3 Å². The summed E-state index contributed by atoms with van der Waals surface area (Å²) >= 11 is 6.06. The maximum Gasteiger partial charge on any atom is 0.137 e. The number of anilines is 1. The van der Waals surface area contributed by atoms with Gasteiger partial charge < -0.3 is 5.32 Å². The van der Waals surface area contributed by atoms with E-state index in [0.717, 1.165) is 29.7 Å². The molecule has 0 saturated carbocycles. The molecule has 0 bridgehead atoms. The van der Waals surface area contributed by atoms with Crippen molar-refractivity contribution in [2.75, 3.05) is 11.9 Å². The van der Waals surface area contributed by atoms with Crippen molar-refractivity contribution in [3.8, 4) is 0 Å². The van der Waals surface area contributed by atoms with Gasteiger partial charge in [0.05, 0.1) is 10.9 Å². The molecule has 1 N–H and O–H groups in total. The lowest BCUT2D eigenvalue weighted by molar-refractivity contribution is 0.841. The van der Waals surface area contributed by atoms with Gasteiger partial charge in [-0.15, -0.1) is 11.6 Å². The minimum Gasteiger partial charge on any atom is -0.368 e. The maximum absolute atomic E-state index is 6.06. The summed E-state index contributed by atoms with van der Waals surface area (Å²) in [4.78, 5) is 8.44. The Morgan fingerprint density at radius 1 is 1.31 bits per heavy atom. The second-order valence-corrected chi connectivity index (χ2v) is 4.24. The zero-order chi connectivity index (χ0) is 11.4. The Bertz CT molecular complexity index is 467. The van der Waals surface area contributed by atoms with Crippen LogP contribution in [0.15, 0.2) is 30.6 Å². The van der Waals surface area contributed by atoms with Gasteiger partial charge in [-0.1, -0.05) is 19.1 Å². The quantitative estimate of drug-likeness (QED) is 0.828. The third-order valence-electron chi connectivity index (χ3n) is 2.48.